The number of amides is 1. The lowest BCUT2D eigenvalue weighted by atomic mass is 10.1. The van der Waals surface area contributed by atoms with E-state index in [1.165, 1.54) is 5.69 Å². The van der Waals surface area contributed by atoms with Gasteiger partial charge in [0.1, 0.15) is 17.2 Å². The molecule has 38 heavy (non-hydrogen) atoms. The third kappa shape index (κ3) is 7.30. The van der Waals surface area contributed by atoms with Gasteiger partial charge in [-0.3, -0.25) is 14.7 Å². The Labute approximate surface area is 230 Å². The lowest BCUT2D eigenvalue weighted by Crippen LogP contribution is -2.34. The van der Waals surface area contributed by atoms with Crippen LogP contribution >= 0.6 is 15.9 Å². The molecule has 1 aromatic heterocycles. The van der Waals surface area contributed by atoms with Gasteiger partial charge in [-0.25, -0.2) is 0 Å². The van der Waals surface area contributed by atoms with Crippen molar-refractivity contribution in [3.63, 3.8) is 0 Å². The van der Waals surface area contributed by atoms with Crippen molar-refractivity contribution in [3.8, 4) is 0 Å². The third-order valence-electron chi connectivity index (χ3n) is 5.87. The number of fused-ring (bicyclic) bond motifs is 1. The molecule has 0 unspecified atom stereocenters. The first-order valence-corrected chi connectivity index (χ1v) is 12.7. The Morgan fingerprint density at radius 1 is 1.00 bits per heavy atom. The highest BCUT2D eigenvalue weighted by Crippen LogP contribution is 2.28. The molecule has 4 rings (SSSR count). The number of nitrogens with two attached hydrogens (primary N) is 1. The number of benzene rings is 3. The highest BCUT2D eigenvalue weighted by molar-refractivity contribution is 9.10. The molecule has 1 amide bonds. The topological polar surface area (TPSA) is 124 Å². The number of amidine groups is 1. The van der Waals surface area contributed by atoms with Crippen LogP contribution in [0.2, 0.25) is 0 Å². The first kappa shape index (κ1) is 28.6. The predicted octanol–water partition coefficient (Wildman–Crippen LogP) is 3.62. The van der Waals surface area contributed by atoms with Gasteiger partial charge >= 0.3 is 0 Å². The molecule has 0 saturated heterocycles. The molecule has 8 nitrogen and oxygen atoms in total. The number of quaternary nitrogens is 1. The fourth-order valence-corrected chi connectivity index (χ4v) is 4.43. The first-order chi connectivity index (χ1) is 17.9. The van der Waals surface area contributed by atoms with Crippen LogP contribution in [0.5, 0.6) is 0 Å². The molecule has 0 aliphatic heterocycles. The summed E-state index contributed by atoms with van der Waals surface area (Å²) in [5.41, 5.74) is 11.1. The van der Waals surface area contributed by atoms with Gasteiger partial charge in [-0.2, -0.15) is 0 Å². The minimum atomic E-state index is -1.08. The summed E-state index contributed by atoms with van der Waals surface area (Å²) in [5.74, 6) is -1.20. The van der Waals surface area contributed by atoms with Crippen molar-refractivity contribution < 1.29 is 14.7 Å². The molecule has 0 radical (unpaired) electrons. The lowest BCUT2D eigenvalue weighted by Gasteiger charge is -2.23. The molecule has 0 fully saturated rings. The molecule has 0 bridgehead atoms. The van der Waals surface area contributed by atoms with Gasteiger partial charge in [-0.1, -0.05) is 52.3 Å². The van der Waals surface area contributed by atoms with E-state index in [4.69, 9.17) is 21.0 Å². The van der Waals surface area contributed by atoms with Gasteiger partial charge in [0.2, 0.25) is 0 Å². The second-order valence-electron chi connectivity index (χ2n) is 9.76. The van der Waals surface area contributed by atoms with E-state index in [1.54, 1.807) is 0 Å². The normalized spacial score (nSPS) is 11.0. The van der Waals surface area contributed by atoms with E-state index in [-0.39, 0.29) is 11.7 Å². The van der Waals surface area contributed by atoms with Gasteiger partial charge in [0.05, 0.1) is 26.7 Å². The summed E-state index contributed by atoms with van der Waals surface area (Å²) in [6.45, 7) is 1.90. The number of hydrogen-bond acceptors (Lipinski definition) is 4. The highest BCUT2D eigenvalue weighted by atomic mass is 79.9. The molecule has 1 heterocycles. The largest absolute Gasteiger partial charge is 0.550 e. The first-order valence-electron chi connectivity index (χ1n) is 11.9. The second kappa shape index (κ2) is 12.1. The maximum Gasteiger partial charge on any atom is 0.268 e. The Hall–Kier alpha value is -3.95. The number of hydrogen-bond donors (Lipinski definition) is 3. The number of carbonyl (C=O) groups excluding carboxylic acids is 2. The number of aliphatic carboxylic acids is 1. The number of nitrogens with one attached hydrogen (secondary N) is 2. The predicted molar refractivity (Wildman–Crippen MR) is 154 cm³/mol. The van der Waals surface area contributed by atoms with Crippen molar-refractivity contribution in [2.75, 3.05) is 21.1 Å². The van der Waals surface area contributed by atoms with Crippen molar-refractivity contribution in [1.82, 2.24) is 14.4 Å². The fourth-order valence-electron chi connectivity index (χ4n) is 3.96. The standard InChI is InChI=1S/C27H28BrN5O.C2H4O2/c1-33(2,3)21-12-10-18(11-13-21)16-31-27(34)25-15-22-23(28)8-5-9-24(22)32(25)17-19-6-4-7-20(14-19)26(29)30;1-2(3)4/h4-15H,16-17H2,1-3H3,(H3-,29,30,31,34);1H3,(H,3,4). The van der Waals surface area contributed by atoms with E-state index in [0.29, 0.717) is 24.3 Å². The number of nitrogen functional groups attached to an aromatic ring is 1. The minimum Gasteiger partial charge on any atom is -0.550 e. The van der Waals surface area contributed by atoms with Crippen LogP contribution in [-0.2, 0) is 17.9 Å². The number of rotatable bonds is 7. The summed E-state index contributed by atoms with van der Waals surface area (Å²) >= 11 is 3.62. The molecule has 9 heteroatoms. The highest BCUT2D eigenvalue weighted by Gasteiger charge is 2.18. The monoisotopic (exact) mass is 577 g/mol. The molecule has 3 aromatic carbocycles. The molecule has 0 saturated carbocycles. The molecule has 0 aliphatic rings. The molecule has 4 aromatic rings. The summed E-state index contributed by atoms with van der Waals surface area (Å²) in [5, 5.41) is 20.7. The molecular weight excluding hydrogens is 546 g/mol. The summed E-state index contributed by atoms with van der Waals surface area (Å²) in [4.78, 5) is 22.2. The SMILES string of the molecule is CC(=O)[O-].C[N+](C)(C)c1ccc(CNC(=O)c2cc3c(Br)cccc3n2Cc2cccc(C(=N)N)c2)cc1. The fraction of sp³-hybridized carbons (Fsp3) is 0.207. The summed E-state index contributed by atoms with van der Waals surface area (Å²) in [6, 6.07) is 23.7. The zero-order chi connectivity index (χ0) is 28.0. The van der Waals surface area contributed by atoms with Crippen LogP contribution in [0.25, 0.3) is 10.9 Å². The van der Waals surface area contributed by atoms with Crippen molar-refractivity contribution in [2.24, 2.45) is 5.73 Å². The zero-order valence-electron chi connectivity index (χ0n) is 21.9. The van der Waals surface area contributed by atoms with Crippen LogP contribution in [0.4, 0.5) is 5.69 Å². The number of aromatic nitrogens is 1. The van der Waals surface area contributed by atoms with Gasteiger partial charge in [0.25, 0.3) is 5.91 Å². The summed E-state index contributed by atoms with van der Waals surface area (Å²) in [6.07, 6.45) is 0. The van der Waals surface area contributed by atoms with Gasteiger partial charge in [0.15, 0.2) is 0 Å². The Bertz CT molecular complexity index is 1470. The van der Waals surface area contributed by atoms with Gasteiger partial charge in [-0.05, 0) is 54.4 Å². The van der Waals surface area contributed by atoms with Crippen molar-refractivity contribution in [2.45, 2.75) is 20.0 Å². The summed E-state index contributed by atoms with van der Waals surface area (Å²) < 4.78 is 3.69. The number of carbonyl (C=O) groups is 2. The number of nitrogens with zero attached hydrogens (tertiary/aromatic N) is 2. The Kier molecular flexibility index (Phi) is 9.08. The quantitative estimate of drug-likeness (QED) is 0.176. The van der Waals surface area contributed by atoms with E-state index in [1.807, 2.05) is 53.1 Å². The Morgan fingerprint density at radius 2 is 1.63 bits per heavy atom. The maximum atomic E-state index is 13.3. The van der Waals surface area contributed by atoms with E-state index in [9.17, 15) is 4.79 Å². The zero-order valence-corrected chi connectivity index (χ0v) is 23.5. The van der Waals surface area contributed by atoms with Crippen molar-refractivity contribution in [3.05, 3.63) is 99.7 Å². The molecule has 198 valence electrons. The smallest absolute Gasteiger partial charge is 0.268 e. The van der Waals surface area contributed by atoms with Crippen molar-refractivity contribution >= 4 is 50.2 Å². The molecule has 4 N–H and O–H groups in total. The average molecular weight is 579 g/mol. The van der Waals surface area contributed by atoms with E-state index >= 15 is 0 Å². The Morgan fingerprint density at radius 3 is 2.24 bits per heavy atom. The van der Waals surface area contributed by atoms with E-state index in [2.05, 4.69) is 66.7 Å². The van der Waals surface area contributed by atoms with E-state index < -0.39 is 5.97 Å². The van der Waals surface area contributed by atoms with Gasteiger partial charge in [-0.15, -0.1) is 0 Å². The second-order valence-corrected chi connectivity index (χ2v) is 10.6. The lowest BCUT2D eigenvalue weighted by molar-refractivity contribution is -0.302. The van der Waals surface area contributed by atoms with Crippen LogP contribution in [0.1, 0.15) is 34.1 Å². The van der Waals surface area contributed by atoms with Crippen molar-refractivity contribution in [1.29, 1.82) is 5.41 Å². The number of halogens is 1. The van der Waals surface area contributed by atoms with Crippen LogP contribution in [0.15, 0.2) is 77.3 Å². The van der Waals surface area contributed by atoms with Gasteiger partial charge in [0, 0.05) is 34.5 Å². The van der Waals surface area contributed by atoms with Crippen LogP contribution in [0.3, 0.4) is 0 Å². The van der Waals surface area contributed by atoms with Crippen LogP contribution < -0.4 is 20.6 Å². The van der Waals surface area contributed by atoms with Gasteiger partial charge < -0.3 is 25.5 Å². The molecule has 0 atom stereocenters. The molecule has 0 aliphatic carbocycles. The average Bonchev–Trinajstić information content (AvgIpc) is 3.22. The number of carboxylic acid groups (broad SMARTS) is 1. The third-order valence-corrected chi connectivity index (χ3v) is 6.56. The molecular formula is C29H32BrN5O3. The summed E-state index contributed by atoms with van der Waals surface area (Å²) in [7, 11) is 6.37. The van der Waals surface area contributed by atoms with Crippen LogP contribution in [-0.4, -0.2) is 43.4 Å². The minimum absolute atomic E-state index is 0.0243. The molecule has 0 spiro atoms. The van der Waals surface area contributed by atoms with Crippen LogP contribution in [0, 0.1) is 5.41 Å². The Balaban J connectivity index is 0.000000934. The maximum absolute atomic E-state index is 13.3. The number of carboxylic acids is 1. The van der Waals surface area contributed by atoms with E-state index in [0.717, 1.165) is 37.9 Å².